The first-order valence-electron chi connectivity index (χ1n) is 8.65. The number of imidazole rings is 1. The highest BCUT2D eigenvalue weighted by atomic mass is 16.2. The molecule has 2 atom stereocenters. The van der Waals surface area contributed by atoms with Gasteiger partial charge in [0, 0.05) is 45.1 Å². The maximum absolute atomic E-state index is 12.9. The maximum atomic E-state index is 12.9. The lowest BCUT2D eigenvalue weighted by atomic mass is 9.87. The Hall–Kier alpha value is -2.64. The second-order valence-electron chi connectivity index (χ2n) is 6.24. The minimum absolute atomic E-state index is 0.0679. The van der Waals surface area contributed by atoms with Gasteiger partial charge in [0.1, 0.15) is 11.9 Å². The van der Waals surface area contributed by atoms with Crippen LogP contribution in [0, 0.1) is 5.92 Å². The van der Waals surface area contributed by atoms with E-state index in [4.69, 9.17) is 0 Å². The molecule has 3 heterocycles. The van der Waals surface area contributed by atoms with Crippen LogP contribution < -0.4 is 5.32 Å². The summed E-state index contributed by atoms with van der Waals surface area (Å²) in [6.45, 7) is 5.21. The fourth-order valence-corrected chi connectivity index (χ4v) is 3.42. The normalized spacial score (nSPS) is 20.8. The zero-order valence-corrected chi connectivity index (χ0v) is 14.8. The second-order valence-corrected chi connectivity index (χ2v) is 6.24. The number of aromatic nitrogens is 4. The number of hydrogen-bond donors (Lipinski definition) is 1. The van der Waals surface area contributed by atoms with E-state index in [0.717, 1.165) is 12.4 Å². The first kappa shape index (κ1) is 17.2. The van der Waals surface area contributed by atoms with Crippen LogP contribution >= 0.6 is 0 Å². The topological polar surface area (TPSA) is 85.1 Å². The first-order valence-corrected chi connectivity index (χ1v) is 8.65. The number of aryl methyl sites for hydroxylation is 2. The van der Waals surface area contributed by atoms with Crippen LogP contribution in [-0.4, -0.2) is 42.6 Å². The Balaban J connectivity index is 1.87. The molecule has 2 aromatic heterocycles. The van der Waals surface area contributed by atoms with Crippen molar-refractivity contribution in [3.05, 3.63) is 30.6 Å². The summed E-state index contributed by atoms with van der Waals surface area (Å²) in [5.41, 5.74) is 0.672. The molecule has 2 amide bonds. The molecule has 1 saturated heterocycles. The Labute approximate surface area is 146 Å². The highest BCUT2D eigenvalue weighted by Crippen LogP contribution is 2.36. The van der Waals surface area contributed by atoms with Crippen LogP contribution in [0.5, 0.6) is 0 Å². The van der Waals surface area contributed by atoms with Gasteiger partial charge in [0.05, 0.1) is 17.8 Å². The summed E-state index contributed by atoms with van der Waals surface area (Å²) in [5, 5.41) is 7.12. The van der Waals surface area contributed by atoms with E-state index < -0.39 is 0 Å². The summed E-state index contributed by atoms with van der Waals surface area (Å²) in [5.74, 6) is 0.357. The number of likely N-dealkylation sites (tertiary alicyclic amines) is 1. The molecule has 0 spiro atoms. The summed E-state index contributed by atoms with van der Waals surface area (Å²) in [6.07, 6.45) is 7.87. The number of anilines is 1. The van der Waals surface area contributed by atoms with Gasteiger partial charge in [0.2, 0.25) is 11.8 Å². The molecule has 0 radical (unpaired) electrons. The van der Waals surface area contributed by atoms with Crippen LogP contribution in [0.2, 0.25) is 0 Å². The van der Waals surface area contributed by atoms with Gasteiger partial charge in [0.15, 0.2) is 0 Å². The van der Waals surface area contributed by atoms with Gasteiger partial charge in [-0.15, -0.1) is 0 Å². The molecular weight excluding hydrogens is 320 g/mol. The number of amides is 2. The standard InChI is InChI=1S/C17H24N6O2/c1-4-22-11-12(10-19-22)20-17(25)13-6-7-14(24)23(5-2)15(13)16-18-8-9-21(16)3/h8-11,13,15H,4-7H2,1-3H3,(H,20,25)/t13-,15-/m0/s1. The van der Waals surface area contributed by atoms with E-state index in [2.05, 4.69) is 15.4 Å². The van der Waals surface area contributed by atoms with E-state index >= 15 is 0 Å². The van der Waals surface area contributed by atoms with E-state index in [-0.39, 0.29) is 23.8 Å². The van der Waals surface area contributed by atoms with Crippen molar-refractivity contribution in [1.29, 1.82) is 0 Å². The smallest absolute Gasteiger partial charge is 0.230 e. The van der Waals surface area contributed by atoms with Crippen molar-refractivity contribution in [2.45, 2.75) is 39.3 Å². The predicted octanol–water partition coefficient (Wildman–Crippen LogP) is 1.57. The van der Waals surface area contributed by atoms with E-state index in [1.807, 2.05) is 31.7 Å². The molecule has 25 heavy (non-hydrogen) atoms. The lowest BCUT2D eigenvalue weighted by Crippen LogP contribution is -2.47. The van der Waals surface area contributed by atoms with E-state index in [0.29, 0.717) is 25.1 Å². The fourth-order valence-electron chi connectivity index (χ4n) is 3.42. The molecule has 1 N–H and O–H groups in total. The Morgan fingerprint density at radius 1 is 1.36 bits per heavy atom. The maximum Gasteiger partial charge on any atom is 0.230 e. The molecule has 0 saturated carbocycles. The molecule has 0 aromatic carbocycles. The van der Waals surface area contributed by atoms with Crippen LogP contribution in [0.25, 0.3) is 0 Å². The van der Waals surface area contributed by atoms with Crippen LogP contribution in [0.1, 0.15) is 38.6 Å². The Bertz CT molecular complexity index is 765. The Morgan fingerprint density at radius 2 is 2.16 bits per heavy atom. The quantitative estimate of drug-likeness (QED) is 0.892. The van der Waals surface area contributed by atoms with Crippen molar-refractivity contribution in [2.75, 3.05) is 11.9 Å². The molecule has 1 aliphatic rings. The molecule has 1 aliphatic heterocycles. The van der Waals surface area contributed by atoms with Gasteiger partial charge in [0.25, 0.3) is 0 Å². The van der Waals surface area contributed by atoms with Gasteiger partial charge >= 0.3 is 0 Å². The lowest BCUT2D eigenvalue weighted by Gasteiger charge is -2.39. The van der Waals surface area contributed by atoms with Crippen molar-refractivity contribution in [3.8, 4) is 0 Å². The molecule has 2 aromatic rings. The number of hydrogen-bond acceptors (Lipinski definition) is 4. The van der Waals surface area contributed by atoms with Crippen molar-refractivity contribution in [2.24, 2.45) is 13.0 Å². The predicted molar refractivity (Wildman–Crippen MR) is 92.6 cm³/mol. The third-order valence-electron chi connectivity index (χ3n) is 4.73. The highest BCUT2D eigenvalue weighted by Gasteiger charge is 2.41. The molecule has 0 bridgehead atoms. The molecule has 0 aliphatic carbocycles. The summed E-state index contributed by atoms with van der Waals surface area (Å²) in [4.78, 5) is 31.4. The molecule has 8 heteroatoms. The van der Waals surface area contributed by atoms with Gasteiger partial charge in [-0.3, -0.25) is 14.3 Å². The van der Waals surface area contributed by atoms with Crippen LogP contribution in [-0.2, 0) is 23.2 Å². The fraction of sp³-hybridized carbons (Fsp3) is 0.529. The molecule has 8 nitrogen and oxygen atoms in total. The van der Waals surface area contributed by atoms with Gasteiger partial charge in [-0.2, -0.15) is 5.10 Å². The average molecular weight is 344 g/mol. The zero-order valence-electron chi connectivity index (χ0n) is 14.8. The lowest BCUT2D eigenvalue weighted by molar-refractivity contribution is -0.142. The number of piperidine rings is 1. The number of nitrogens with one attached hydrogen (secondary N) is 1. The third-order valence-corrected chi connectivity index (χ3v) is 4.73. The zero-order chi connectivity index (χ0) is 18.0. The summed E-state index contributed by atoms with van der Waals surface area (Å²) < 4.78 is 3.63. The van der Waals surface area contributed by atoms with Crippen molar-refractivity contribution in [1.82, 2.24) is 24.2 Å². The van der Waals surface area contributed by atoms with Gasteiger partial charge in [-0.25, -0.2) is 4.98 Å². The van der Waals surface area contributed by atoms with E-state index in [9.17, 15) is 9.59 Å². The minimum atomic E-state index is -0.354. The largest absolute Gasteiger partial charge is 0.336 e. The van der Waals surface area contributed by atoms with Crippen molar-refractivity contribution < 1.29 is 9.59 Å². The highest BCUT2D eigenvalue weighted by molar-refractivity contribution is 5.94. The van der Waals surface area contributed by atoms with Crippen LogP contribution in [0.3, 0.4) is 0 Å². The molecule has 0 unspecified atom stereocenters. The molecule has 3 rings (SSSR count). The molecule has 1 fully saturated rings. The van der Waals surface area contributed by atoms with E-state index in [1.54, 1.807) is 28.2 Å². The molecular formula is C17H24N6O2. The van der Waals surface area contributed by atoms with E-state index in [1.165, 1.54) is 0 Å². The van der Waals surface area contributed by atoms with Gasteiger partial charge in [-0.05, 0) is 20.3 Å². The number of rotatable bonds is 5. The van der Waals surface area contributed by atoms with Crippen LogP contribution in [0.15, 0.2) is 24.8 Å². The molecule has 134 valence electrons. The minimum Gasteiger partial charge on any atom is -0.336 e. The monoisotopic (exact) mass is 344 g/mol. The van der Waals surface area contributed by atoms with Crippen molar-refractivity contribution >= 4 is 17.5 Å². The SMILES string of the molecule is CCN1C(=O)CC[C@H](C(=O)Nc2cnn(CC)c2)[C@H]1c1nccn1C. The number of carbonyl (C=O) groups is 2. The Morgan fingerprint density at radius 3 is 2.76 bits per heavy atom. The second kappa shape index (κ2) is 7.08. The van der Waals surface area contributed by atoms with Gasteiger partial charge < -0.3 is 14.8 Å². The number of nitrogens with zero attached hydrogens (tertiary/aromatic N) is 5. The van der Waals surface area contributed by atoms with Gasteiger partial charge in [-0.1, -0.05) is 0 Å². The number of carbonyl (C=O) groups excluding carboxylic acids is 2. The first-order chi connectivity index (χ1) is 12.0. The van der Waals surface area contributed by atoms with Crippen molar-refractivity contribution in [3.63, 3.8) is 0 Å². The third kappa shape index (κ3) is 3.29. The van der Waals surface area contributed by atoms with Crippen LogP contribution in [0.4, 0.5) is 5.69 Å². The Kier molecular flexibility index (Phi) is 4.87. The summed E-state index contributed by atoms with van der Waals surface area (Å²) in [6, 6.07) is -0.354. The summed E-state index contributed by atoms with van der Waals surface area (Å²) in [7, 11) is 1.88. The summed E-state index contributed by atoms with van der Waals surface area (Å²) >= 11 is 0. The average Bonchev–Trinajstić information content (AvgIpc) is 3.23.